The van der Waals surface area contributed by atoms with E-state index in [1.54, 1.807) is 0 Å². The SMILES string of the molecule is CC(C)(C#N)CCCCN1CCCCCC1CO. The summed E-state index contributed by atoms with van der Waals surface area (Å²) in [7, 11) is 0. The zero-order chi connectivity index (χ0) is 13.4. The van der Waals surface area contributed by atoms with Crippen LogP contribution in [0.5, 0.6) is 0 Å². The third-order valence-corrected chi connectivity index (χ3v) is 4.01. The van der Waals surface area contributed by atoms with Crippen LogP contribution in [0.2, 0.25) is 0 Å². The van der Waals surface area contributed by atoms with Gasteiger partial charge in [0.15, 0.2) is 0 Å². The summed E-state index contributed by atoms with van der Waals surface area (Å²) in [6.45, 7) is 6.52. The topological polar surface area (TPSA) is 47.3 Å². The van der Waals surface area contributed by atoms with Crippen LogP contribution in [0.15, 0.2) is 0 Å². The minimum absolute atomic E-state index is 0.185. The van der Waals surface area contributed by atoms with E-state index in [-0.39, 0.29) is 5.41 Å². The number of nitrogens with zero attached hydrogens (tertiary/aromatic N) is 2. The van der Waals surface area contributed by atoms with Gasteiger partial charge in [-0.05, 0) is 52.6 Å². The number of aliphatic hydroxyl groups excluding tert-OH is 1. The predicted octanol–water partition coefficient (Wildman–Crippen LogP) is 2.94. The largest absolute Gasteiger partial charge is 0.395 e. The lowest BCUT2D eigenvalue weighted by Gasteiger charge is -2.28. The quantitative estimate of drug-likeness (QED) is 0.739. The van der Waals surface area contributed by atoms with E-state index >= 15 is 0 Å². The van der Waals surface area contributed by atoms with E-state index in [9.17, 15) is 5.11 Å². The van der Waals surface area contributed by atoms with Crippen molar-refractivity contribution in [1.82, 2.24) is 4.90 Å². The molecule has 3 nitrogen and oxygen atoms in total. The summed E-state index contributed by atoms with van der Waals surface area (Å²) in [5.74, 6) is 0. The molecule has 1 fully saturated rings. The Hall–Kier alpha value is -0.590. The summed E-state index contributed by atoms with van der Waals surface area (Å²) >= 11 is 0. The highest BCUT2D eigenvalue weighted by Gasteiger charge is 2.20. The third-order valence-electron chi connectivity index (χ3n) is 4.01. The van der Waals surface area contributed by atoms with E-state index in [0.29, 0.717) is 12.6 Å². The molecule has 1 heterocycles. The lowest BCUT2D eigenvalue weighted by Crippen LogP contribution is -2.38. The molecule has 0 aliphatic carbocycles. The Bertz CT molecular complexity index is 270. The normalized spacial score (nSPS) is 22.4. The van der Waals surface area contributed by atoms with Crippen molar-refractivity contribution in [2.75, 3.05) is 19.7 Å². The minimum Gasteiger partial charge on any atom is -0.395 e. The minimum atomic E-state index is -0.185. The van der Waals surface area contributed by atoms with Crippen LogP contribution < -0.4 is 0 Å². The molecule has 0 saturated carbocycles. The summed E-state index contributed by atoms with van der Waals surface area (Å²) < 4.78 is 0. The fraction of sp³-hybridized carbons (Fsp3) is 0.933. The highest BCUT2D eigenvalue weighted by atomic mass is 16.3. The number of rotatable bonds is 6. The lowest BCUT2D eigenvalue weighted by molar-refractivity contribution is 0.122. The second-order valence-electron chi connectivity index (χ2n) is 6.17. The first-order valence-corrected chi connectivity index (χ1v) is 7.35. The van der Waals surface area contributed by atoms with Crippen molar-refractivity contribution >= 4 is 0 Å². The second-order valence-corrected chi connectivity index (χ2v) is 6.17. The van der Waals surface area contributed by atoms with Crippen LogP contribution in [-0.2, 0) is 0 Å². The summed E-state index contributed by atoms with van der Waals surface area (Å²) in [6.07, 6.45) is 8.18. The Kier molecular flexibility index (Phi) is 6.67. The fourth-order valence-corrected chi connectivity index (χ4v) is 2.68. The van der Waals surface area contributed by atoms with Crippen LogP contribution in [0.25, 0.3) is 0 Å². The maximum absolute atomic E-state index is 9.43. The van der Waals surface area contributed by atoms with E-state index in [1.165, 1.54) is 19.3 Å². The number of aliphatic hydroxyl groups is 1. The van der Waals surface area contributed by atoms with Gasteiger partial charge < -0.3 is 5.11 Å². The van der Waals surface area contributed by atoms with Crippen molar-refractivity contribution in [3.05, 3.63) is 0 Å². The van der Waals surface area contributed by atoms with Crippen LogP contribution in [0.1, 0.15) is 58.8 Å². The van der Waals surface area contributed by atoms with Gasteiger partial charge in [0.05, 0.1) is 18.1 Å². The van der Waals surface area contributed by atoms with E-state index in [1.807, 2.05) is 13.8 Å². The molecular formula is C15H28N2O. The first kappa shape index (κ1) is 15.5. The van der Waals surface area contributed by atoms with Crippen LogP contribution in [0.4, 0.5) is 0 Å². The summed E-state index contributed by atoms with van der Waals surface area (Å²) in [4.78, 5) is 2.45. The molecule has 1 aliphatic heterocycles. The smallest absolute Gasteiger partial charge is 0.0683 e. The molecule has 3 heteroatoms. The van der Waals surface area contributed by atoms with Gasteiger partial charge in [-0.3, -0.25) is 4.90 Å². The molecule has 0 aromatic carbocycles. The van der Waals surface area contributed by atoms with E-state index in [0.717, 1.165) is 38.8 Å². The van der Waals surface area contributed by atoms with Gasteiger partial charge in [-0.15, -0.1) is 0 Å². The molecule has 1 unspecified atom stereocenters. The van der Waals surface area contributed by atoms with Crippen molar-refractivity contribution in [3.63, 3.8) is 0 Å². The molecule has 1 N–H and O–H groups in total. The molecule has 0 bridgehead atoms. The zero-order valence-electron chi connectivity index (χ0n) is 12.0. The van der Waals surface area contributed by atoms with Crippen LogP contribution in [0, 0.1) is 16.7 Å². The van der Waals surface area contributed by atoms with E-state index in [2.05, 4.69) is 11.0 Å². The van der Waals surface area contributed by atoms with Gasteiger partial charge in [0.1, 0.15) is 0 Å². The Labute approximate surface area is 112 Å². The first-order valence-electron chi connectivity index (χ1n) is 7.35. The molecule has 1 rings (SSSR count). The molecule has 1 aliphatic rings. The van der Waals surface area contributed by atoms with Crippen LogP contribution in [0.3, 0.4) is 0 Å². The van der Waals surface area contributed by atoms with Crippen molar-refractivity contribution in [2.24, 2.45) is 5.41 Å². The Balaban J connectivity index is 2.26. The Morgan fingerprint density at radius 1 is 1.28 bits per heavy atom. The number of hydrogen-bond donors (Lipinski definition) is 1. The lowest BCUT2D eigenvalue weighted by atomic mass is 9.89. The molecule has 0 aromatic rings. The van der Waals surface area contributed by atoms with Crippen molar-refractivity contribution in [2.45, 2.75) is 64.8 Å². The maximum atomic E-state index is 9.43. The van der Waals surface area contributed by atoms with Crippen molar-refractivity contribution < 1.29 is 5.11 Å². The number of likely N-dealkylation sites (tertiary alicyclic amines) is 1. The van der Waals surface area contributed by atoms with Gasteiger partial charge in [0.25, 0.3) is 0 Å². The number of nitriles is 1. The van der Waals surface area contributed by atoms with Gasteiger partial charge in [0.2, 0.25) is 0 Å². The molecule has 0 amide bonds. The van der Waals surface area contributed by atoms with Gasteiger partial charge >= 0.3 is 0 Å². The third kappa shape index (κ3) is 5.37. The molecule has 0 spiro atoms. The van der Waals surface area contributed by atoms with E-state index < -0.39 is 0 Å². The molecular weight excluding hydrogens is 224 g/mol. The molecule has 18 heavy (non-hydrogen) atoms. The van der Waals surface area contributed by atoms with Crippen LogP contribution in [-0.4, -0.2) is 35.7 Å². The van der Waals surface area contributed by atoms with Crippen molar-refractivity contribution in [3.8, 4) is 6.07 Å². The number of unbranched alkanes of at least 4 members (excludes halogenated alkanes) is 1. The van der Waals surface area contributed by atoms with Gasteiger partial charge in [-0.2, -0.15) is 5.26 Å². The average molecular weight is 252 g/mol. The summed E-state index contributed by atoms with van der Waals surface area (Å²) in [5.41, 5.74) is -0.185. The standard InChI is InChI=1S/C15H28N2O/c1-15(2,13-16)9-5-7-11-17-10-6-3-4-8-14(17)12-18/h14,18H,3-12H2,1-2H3. The average Bonchev–Trinajstić information content (AvgIpc) is 2.59. The van der Waals surface area contributed by atoms with Gasteiger partial charge in [-0.25, -0.2) is 0 Å². The fourth-order valence-electron chi connectivity index (χ4n) is 2.68. The van der Waals surface area contributed by atoms with Crippen LogP contribution >= 0.6 is 0 Å². The van der Waals surface area contributed by atoms with Gasteiger partial charge in [0, 0.05) is 6.04 Å². The highest BCUT2D eigenvalue weighted by Crippen LogP contribution is 2.22. The number of hydrogen-bond acceptors (Lipinski definition) is 3. The predicted molar refractivity (Wildman–Crippen MR) is 74.2 cm³/mol. The first-order chi connectivity index (χ1) is 8.59. The maximum Gasteiger partial charge on any atom is 0.0683 e. The Morgan fingerprint density at radius 3 is 2.72 bits per heavy atom. The molecule has 104 valence electrons. The molecule has 0 aromatic heterocycles. The van der Waals surface area contributed by atoms with E-state index in [4.69, 9.17) is 5.26 Å². The molecule has 1 atom stereocenters. The zero-order valence-corrected chi connectivity index (χ0v) is 12.0. The second kappa shape index (κ2) is 7.76. The highest BCUT2D eigenvalue weighted by molar-refractivity contribution is 4.91. The Morgan fingerprint density at radius 2 is 2.06 bits per heavy atom. The molecule has 1 saturated heterocycles. The van der Waals surface area contributed by atoms with Gasteiger partial charge in [-0.1, -0.05) is 19.3 Å². The van der Waals surface area contributed by atoms with Crippen molar-refractivity contribution in [1.29, 1.82) is 5.26 Å². The summed E-state index contributed by atoms with van der Waals surface area (Å²) in [5, 5.41) is 18.4. The summed E-state index contributed by atoms with van der Waals surface area (Å²) in [6, 6.07) is 2.73. The molecule has 0 radical (unpaired) electrons. The monoisotopic (exact) mass is 252 g/mol.